The largest absolute Gasteiger partial charge is 0.550 e. The number of imidazole rings is 1. The molecule has 1 amide bonds. The van der Waals surface area contributed by atoms with E-state index in [1.807, 2.05) is 24.3 Å². The number of rotatable bonds is 6. The topological polar surface area (TPSA) is 99.2 Å². The average Bonchev–Trinajstić information content (AvgIpc) is 2.79. The number of amides is 1. The van der Waals surface area contributed by atoms with Crippen LogP contribution in [0.4, 0.5) is 0 Å². The van der Waals surface area contributed by atoms with Gasteiger partial charge in [0, 0.05) is 18.9 Å². The molecule has 0 radical (unpaired) electrons. The number of carboxylic acid groups (broad SMARTS) is 1. The van der Waals surface area contributed by atoms with E-state index >= 15 is 0 Å². The molecule has 0 spiro atoms. The Morgan fingerprint density at radius 1 is 1.26 bits per heavy atom. The van der Waals surface area contributed by atoms with Crippen molar-refractivity contribution in [1.82, 2.24) is 10.3 Å². The van der Waals surface area contributed by atoms with Crippen LogP contribution in [0.2, 0.25) is 0 Å². The number of nitrogens with one attached hydrogen (secondary N) is 3. The lowest BCUT2D eigenvalue weighted by Crippen LogP contribution is -2.29. The molecule has 0 aliphatic heterocycles. The Balaban J connectivity index is 1.79. The second-order valence-corrected chi connectivity index (χ2v) is 4.25. The molecule has 100 valence electrons. The summed E-state index contributed by atoms with van der Waals surface area (Å²) in [4.78, 5) is 27.9. The molecule has 2 aromatic rings. The number of carbonyl (C=O) groups is 2. The molecule has 0 saturated carbocycles. The Labute approximate surface area is 109 Å². The standard InChI is InChI=1S/C13H15N3O3/c17-12(5-6-13(18)19)14-8-7-11-15-9-3-1-2-4-10(9)16-11/h1-4H,5-8H2,(H,14,17)(H,15,16)(H,18,19). The van der Waals surface area contributed by atoms with Crippen LogP contribution in [0.15, 0.2) is 24.3 Å². The van der Waals surface area contributed by atoms with Gasteiger partial charge in [0.25, 0.3) is 5.82 Å². The van der Waals surface area contributed by atoms with Gasteiger partial charge in [-0.1, -0.05) is 12.1 Å². The number of aliphatic carboxylic acids is 1. The fraction of sp³-hybridized carbons (Fsp3) is 0.308. The summed E-state index contributed by atoms with van der Waals surface area (Å²) in [5.41, 5.74) is 2.03. The molecule has 0 unspecified atom stereocenters. The van der Waals surface area contributed by atoms with E-state index < -0.39 is 5.97 Å². The zero-order valence-corrected chi connectivity index (χ0v) is 10.4. The molecule has 3 N–H and O–H groups in total. The van der Waals surface area contributed by atoms with Crippen molar-refractivity contribution in [2.45, 2.75) is 19.3 Å². The van der Waals surface area contributed by atoms with Crippen LogP contribution in [0, 0.1) is 0 Å². The third kappa shape index (κ3) is 3.80. The summed E-state index contributed by atoms with van der Waals surface area (Å²) in [5.74, 6) is -0.569. The van der Waals surface area contributed by atoms with Gasteiger partial charge in [0.15, 0.2) is 11.0 Å². The Morgan fingerprint density at radius 3 is 2.79 bits per heavy atom. The second-order valence-electron chi connectivity index (χ2n) is 4.25. The molecular formula is C13H15N3O3. The fourth-order valence-corrected chi connectivity index (χ4v) is 1.81. The summed E-state index contributed by atoms with van der Waals surface area (Å²) in [6.45, 7) is 0.454. The predicted molar refractivity (Wildman–Crippen MR) is 65.8 cm³/mol. The number of H-pyrrole nitrogens is 2. The number of aromatic amines is 2. The second kappa shape index (κ2) is 5.99. The van der Waals surface area contributed by atoms with Gasteiger partial charge < -0.3 is 15.2 Å². The minimum atomic E-state index is -1.21. The van der Waals surface area contributed by atoms with Crippen LogP contribution in [-0.4, -0.2) is 23.4 Å². The predicted octanol–water partition coefficient (Wildman–Crippen LogP) is -0.829. The summed E-state index contributed by atoms with van der Waals surface area (Å²) >= 11 is 0. The van der Waals surface area contributed by atoms with Crippen molar-refractivity contribution in [3.8, 4) is 0 Å². The highest BCUT2D eigenvalue weighted by atomic mass is 16.4. The summed E-state index contributed by atoms with van der Waals surface area (Å²) in [7, 11) is 0. The van der Waals surface area contributed by atoms with Gasteiger partial charge in [-0.25, -0.2) is 9.97 Å². The molecule has 2 rings (SSSR count). The molecule has 0 aliphatic carbocycles. The molecular weight excluding hydrogens is 246 g/mol. The smallest absolute Gasteiger partial charge is 0.254 e. The number of carboxylic acids is 1. The number of hydrogen-bond acceptors (Lipinski definition) is 3. The molecule has 6 heteroatoms. The van der Waals surface area contributed by atoms with Crippen LogP contribution < -0.4 is 15.4 Å². The SMILES string of the molecule is O=C([O-])CCC(=O)NCCc1[nH]c2ccccc2[nH+]1. The van der Waals surface area contributed by atoms with Crippen molar-refractivity contribution in [3.63, 3.8) is 0 Å². The average molecular weight is 261 g/mol. The molecule has 0 aliphatic rings. The van der Waals surface area contributed by atoms with Crippen LogP contribution in [-0.2, 0) is 16.0 Å². The third-order valence-corrected chi connectivity index (χ3v) is 2.75. The summed E-state index contributed by atoms with van der Waals surface area (Å²) in [6, 6.07) is 7.82. The normalized spacial score (nSPS) is 10.5. The van der Waals surface area contributed by atoms with Gasteiger partial charge in [0.1, 0.15) is 0 Å². The first-order valence-corrected chi connectivity index (χ1v) is 6.10. The highest BCUT2D eigenvalue weighted by Crippen LogP contribution is 2.05. The summed E-state index contributed by atoms with van der Waals surface area (Å²) < 4.78 is 0. The van der Waals surface area contributed by atoms with Crippen LogP contribution in [0.5, 0.6) is 0 Å². The lowest BCUT2D eigenvalue weighted by Gasteiger charge is -2.03. The molecule has 1 aromatic heterocycles. The van der Waals surface area contributed by atoms with Crippen LogP contribution >= 0.6 is 0 Å². The number of hydrogen-bond donors (Lipinski definition) is 2. The first kappa shape index (κ1) is 13.1. The summed E-state index contributed by atoms with van der Waals surface area (Å²) in [5, 5.41) is 12.9. The summed E-state index contributed by atoms with van der Waals surface area (Å²) in [6.07, 6.45) is 0.342. The van der Waals surface area contributed by atoms with Crippen LogP contribution in [0.1, 0.15) is 18.7 Å². The van der Waals surface area contributed by atoms with Crippen molar-refractivity contribution in [1.29, 1.82) is 0 Å². The van der Waals surface area contributed by atoms with E-state index in [9.17, 15) is 14.7 Å². The van der Waals surface area contributed by atoms with Crippen molar-refractivity contribution in [3.05, 3.63) is 30.1 Å². The maximum Gasteiger partial charge on any atom is 0.254 e. The molecule has 0 bridgehead atoms. The Kier molecular flexibility index (Phi) is 4.12. The quantitative estimate of drug-likeness (QED) is 0.710. The number of fused-ring (bicyclic) bond motifs is 1. The minimum Gasteiger partial charge on any atom is -0.550 e. The van der Waals surface area contributed by atoms with Crippen molar-refractivity contribution in [2.75, 3.05) is 6.54 Å². The molecule has 0 saturated heterocycles. The first-order valence-electron chi connectivity index (χ1n) is 6.10. The van der Waals surface area contributed by atoms with Crippen molar-refractivity contribution >= 4 is 22.9 Å². The van der Waals surface area contributed by atoms with Gasteiger partial charge in [-0.2, -0.15) is 0 Å². The molecule has 0 fully saturated rings. The number of aromatic nitrogens is 2. The molecule has 1 heterocycles. The Bertz CT molecular complexity index is 559. The Hall–Kier alpha value is -2.37. The van der Waals surface area contributed by atoms with E-state index in [2.05, 4.69) is 15.3 Å². The van der Waals surface area contributed by atoms with E-state index in [0.717, 1.165) is 16.9 Å². The van der Waals surface area contributed by atoms with Gasteiger partial charge in [0.05, 0.1) is 6.42 Å². The lowest BCUT2D eigenvalue weighted by atomic mass is 10.3. The monoisotopic (exact) mass is 261 g/mol. The maximum atomic E-state index is 11.3. The van der Waals surface area contributed by atoms with Gasteiger partial charge in [-0.05, 0) is 18.6 Å². The van der Waals surface area contributed by atoms with Crippen molar-refractivity contribution in [2.24, 2.45) is 0 Å². The highest BCUT2D eigenvalue weighted by molar-refractivity contribution is 5.79. The zero-order valence-electron chi connectivity index (χ0n) is 10.4. The molecule has 6 nitrogen and oxygen atoms in total. The van der Waals surface area contributed by atoms with Crippen LogP contribution in [0.3, 0.4) is 0 Å². The lowest BCUT2D eigenvalue weighted by molar-refractivity contribution is -0.357. The minimum absolute atomic E-state index is 0.0429. The van der Waals surface area contributed by atoms with Gasteiger partial charge >= 0.3 is 0 Å². The molecule has 1 aromatic carbocycles. The fourth-order valence-electron chi connectivity index (χ4n) is 1.81. The zero-order chi connectivity index (χ0) is 13.7. The Morgan fingerprint density at radius 2 is 2.05 bits per heavy atom. The number of para-hydroxylation sites is 2. The van der Waals surface area contributed by atoms with E-state index in [4.69, 9.17) is 0 Å². The van der Waals surface area contributed by atoms with Crippen molar-refractivity contribution < 1.29 is 19.7 Å². The van der Waals surface area contributed by atoms with Gasteiger partial charge in [-0.15, -0.1) is 0 Å². The highest BCUT2D eigenvalue weighted by Gasteiger charge is 2.09. The van der Waals surface area contributed by atoms with E-state index in [0.29, 0.717) is 13.0 Å². The van der Waals surface area contributed by atoms with E-state index in [-0.39, 0.29) is 18.7 Å². The van der Waals surface area contributed by atoms with E-state index in [1.54, 1.807) is 0 Å². The van der Waals surface area contributed by atoms with E-state index in [1.165, 1.54) is 0 Å². The molecule has 0 atom stereocenters. The number of benzene rings is 1. The van der Waals surface area contributed by atoms with Gasteiger partial charge in [-0.3, -0.25) is 4.79 Å². The first-order chi connectivity index (χ1) is 9.15. The van der Waals surface area contributed by atoms with Crippen LogP contribution in [0.25, 0.3) is 11.0 Å². The molecule has 19 heavy (non-hydrogen) atoms. The third-order valence-electron chi connectivity index (χ3n) is 2.75. The maximum absolute atomic E-state index is 11.3. The van der Waals surface area contributed by atoms with Gasteiger partial charge in [0.2, 0.25) is 5.91 Å². The number of carbonyl (C=O) groups excluding carboxylic acids is 2.